The molecule has 0 fully saturated rings. The topological polar surface area (TPSA) is 72.7 Å². The molecule has 0 aliphatic rings. The maximum absolute atomic E-state index is 12.0. The molecule has 0 saturated carbocycles. The third kappa shape index (κ3) is 3.94. The molecule has 0 atom stereocenters. The monoisotopic (exact) mass is 311 g/mol. The van der Waals surface area contributed by atoms with Crippen LogP contribution in [0.25, 0.3) is 0 Å². The van der Waals surface area contributed by atoms with Gasteiger partial charge >= 0.3 is 0 Å². The molecular formula is C12H14ClN5OS. The van der Waals surface area contributed by atoms with Crippen molar-refractivity contribution in [3.8, 4) is 0 Å². The first-order chi connectivity index (χ1) is 9.58. The minimum Gasteiger partial charge on any atom is -0.349 e. The molecule has 0 saturated heterocycles. The molecule has 0 spiro atoms. The summed E-state index contributed by atoms with van der Waals surface area (Å²) in [6.45, 7) is 2.84. The maximum atomic E-state index is 12.0. The van der Waals surface area contributed by atoms with Gasteiger partial charge in [0.1, 0.15) is 5.69 Å². The van der Waals surface area contributed by atoms with Crippen molar-refractivity contribution < 1.29 is 4.79 Å². The van der Waals surface area contributed by atoms with Gasteiger partial charge in [-0.25, -0.2) is 9.97 Å². The fraction of sp³-hybridized carbons (Fsp3) is 0.333. The Hall–Kier alpha value is -1.60. The van der Waals surface area contributed by atoms with Gasteiger partial charge in [0.25, 0.3) is 5.91 Å². The first-order valence-corrected chi connectivity index (χ1v) is 7.54. The Bertz CT molecular complexity index is 616. The first-order valence-electron chi connectivity index (χ1n) is 5.94. The molecule has 2 heterocycles. The van der Waals surface area contributed by atoms with E-state index in [0.717, 1.165) is 5.69 Å². The van der Waals surface area contributed by atoms with E-state index in [2.05, 4.69) is 20.4 Å². The lowest BCUT2D eigenvalue weighted by Gasteiger charge is -2.06. The largest absolute Gasteiger partial charge is 0.349 e. The van der Waals surface area contributed by atoms with Crippen LogP contribution in [0.2, 0.25) is 5.02 Å². The lowest BCUT2D eigenvalue weighted by Crippen LogP contribution is -2.28. The number of aromatic nitrogens is 4. The fourth-order valence-electron chi connectivity index (χ4n) is 1.58. The molecule has 0 bridgehead atoms. The second-order valence-electron chi connectivity index (χ2n) is 4.06. The van der Waals surface area contributed by atoms with Crippen LogP contribution >= 0.6 is 23.4 Å². The van der Waals surface area contributed by atoms with E-state index in [1.165, 1.54) is 11.8 Å². The molecule has 1 amide bonds. The molecule has 20 heavy (non-hydrogen) atoms. The predicted octanol–water partition coefficient (Wildman–Crippen LogP) is 1.79. The minimum absolute atomic E-state index is 0.218. The van der Waals surface area contributed by atoms with Gasteiger partial charge in [0.2, 0.25) is 0 Å². The van der Waals surface area contributed by atoms with Gasteiger partial charge in [-0.05, 0) is 19.2 Å². The Morgan fingerprint density at radius 1 is 1.50 bits per heavy atom. The van der Waals surface area contributed by atoms with E-state index in [4.69, 9.17) is 11.6 Å². The summed E-state index contributed by atoms with van der Waals surface area (Å²) in [5.41, 5.74) is 1.15. The van der Waals surface area contributed by atoms with E-state index >= 15 is 0 Å². The van der Waals surface area contributed by atoms with Crippen LogP contribution in [0.3, 0.4) is 0 Å². The van der Waals surface area contributed by atoms with E-state index in [1.54, 1.807) is 23.1 Å². The number of amides is 1. The van der Waals surface area contributed by atoms with Crippen molar-refractivity contribution in [2.75, 3.05) is 12.8 Å². The molecule has 2 rings (SSSR count). The van der Waals surface area contributed by atoms with Gasteiger partial charge in [-0.15, -0.1) is 0 Å². The smallest absolute Gasteiger partial charge is 0.270 e. The number of hydrogen-bond acceptors (Lipinski definition) is 5. The third-order valence-electron chi connectivity index (χ3n) is 2.48. The normalized spacial score (nSPS) is 10.6. The van der Waals surface area contributed by atoms with Crippen LogP contribution in [-0.2, 0) is 6.54 Å². The third-order valence-corrected chi connectivity index (χ3v) is 3.22. The molecule has 0 aliphatic carbocycles. The van der Waals surface area contributed by atoms with Gasteiger partial charge in [-0.2, -0.15) is 5.10 Å². The van der Waals surface area contributed by atoms with E-state index < -0.39 is 0 Å². The second-order valence-corrected chi connectivity index (χ2v) is 5.27. The first kappa shape index (κ1) is 14.8. The Morgan fingerprint density at radius 2 is 2.30 bits per heavy atom. The molecule has 0 aliphatic heterocycles. The lowest BCUT2D eigenvalue weighted by molar-refractivity contribution is 0.0946. The summed E-state index contributed by atoms with van der Waals surface area (Å²) in [6, 6.07) is 1.67. The zero-order valence-electron chi connectivity index (χ0n) is 11.1. The highest BCUT2D eigenvalue weighted by atomic mass is 35.5. The van der Waals surface area contributed by atoms with Gasteiger partial charge in [0, 0.05) is 18.4 Å². The van der Waals surface area contributed by atoms with Crippen molar-refractivity contribution >= 4 is 29.3 Å². The molecule has 0 aromatic carbocycles. The fourth-order valence-corrected chi connectivity index (χ4v) is 2.17. The van der Waals surface area contributed by atoms with Crippen molar-refractivity contribution in [2.45, 2.75) is 18.6 Å². The van der Waals surface area contributed by atoms with Crippen molar-refractivity contribution in [3.05, 3.63) is 34.9 Å². The van der Waals surface area contributed by atoms with Crippen LogP contribution in [0.1, 0.15) is 16.2 Å². The number of nitrogens with one attached hydrogen (secondary N) is 1. The molecular weight excluding hydrogens is 298 g/mol. The number of aryl methyl sites for hydroxylation is 1. The quantitative estimate of drug-likeness (QED) is 0.673. The Kier molecular flexibility index (Phi) is 4.97. The highest BCUT2D eigenvalue weighted by Crippen LogP contribution is 2.10. The van der Waals surface area contributed by atoms with Crippen molar-refractivity contribution in [1.29, 1.82) is 0 Å². The summed E-state index contributed by atoms with van der Waals surface area (Å²) in [6.07, 6.45) is 5.13. The van der Waals surface area contributed by atoms with E-state index in [9.17, 15) is 4.79 Å². The number of halogens is 1. The minimum atomic E-state index is -0.218. The maximum Gasteiger partial charge on any atom is 0.270 e. The number of carbonyl (C=O) groups excluding carboxylic acids is 1. The summed E-state index contributed by atoms with van der Waals surface area (Å²) < 4.78 is 1.67. The van der Waals surface area contributed by atoms with E-state index in [-0.39, 0.29) is 5.91 Å². The van der Waals surface area contributed by atoms with Gasteiger partial charge < -0.3 is 5.32 Å². The van der Waals surface area contributed by atoms with E-state index in [0.29, 0.717) is 29.0 Å². The number of hydrogen-bond donors (Lipinski definition) is 1. The van der Waals surface area contributed by atoms with Gasteiger partial charge in [-0.3, -0.25) is 9.48 Å². The van der Waals surface area contributed by atoms with Crippen LogP contribution in [0.4, 0.5) is 0 Å². The predicted molar refractivity (Wildman–Crippen MR) is 78.1 cm³/mol. The standard InChI is InChI=1S/C12H14ClN5OS/c1-8-5-10(17-12(16-8)20-2)11(19)14-3-4-18-7-9(13)6-15-18/h5-7H,3-4H2,1-2H3,(H,14,19). The van der Waals surface area contributed by atoms with Crippen molar-refractivity contribution in [1.82, 2.24) is 25.1 Å². The molecule has 0 radical (unpaired) electrons. The van der Waals surface area contributed by atoms with Gasteiger partial charge in [0.05, 0.1) is 17.8 Å². The summed E-state index contributed by atoms with van der Waals surface area (Å²) >= 11 is 7.17. The molecule has 106 valence electrons. The second kappa shape index (κ2) is 6.71. The summed E-state index contributed by atoms with van der Waals surface area (Å²) in [5, 5.41) is 7.99. The zero-order valence-corrected chi connectivity index (χ0v) is 12.7. The highest BCUT2D eigenvalue weighted by molar-refractivity contribution is 7.98. The molecule has 1 N–H and O–H groups in total. The molecule has 0 unspecified atom stereocenters. The van der Waals surface area contributed by atoms with Crippen LogP contribution < -0.4 is 5.32 Å². The Labute approximate surface area is 125 Å². The van der Waals surface area contributed by atoms with Crippen molar-refractivity contribution in [2.24, 2.45) is 0 Å². The molecule has 2 aromatic heterocycles. The highest BCUT2D eigenvalue weighted by Gasteiger charge is 2.09. The number of rotatable bonds is 5. The molecule has 8 heteroatoms. The van der Waals surface area contributed by atoms with Gasteiger partial charge in [0.15, 0.2) is 5.16 Å². The Balaban J connectivity index is 1.93. The molecule has 2 aromatic rings. The number of carbonyl (C=O) groups is 1. The van der Waals surface area contributed by atoms with Crippen LogP contribution in [0.15, 0.2) is 23.6 Å². The summed E-state index contributed by atoms with van der Waals surface area (Å²) in [5.74, 6) is -0.218. The SMILES string of the molecule is CSc1nc(C)cc(C(=O)NCCn2cc(Cl)cn2)n1. The summed E-state index contributed by atoms with van der Waals surface area (Å²) in [4.78, 5) is 20.4. The van der Waals surface area contributed by atoms with Gasteiger partial charge in [-0.1, -0.05) is 23.4 Å². The van der Waals surface area contributed by atoms with Crippen molar-refractivity contribution in [3.63, 3.8) is 0 Å². The van der Waals surface area contributed by atoms with Crippen LogP contribution in [0, 0.1) is 6.92 Å². The Morgan fingerprint density at radius 3 is 2.95 bits per heavy atom. The lowest BCUT2D eigenvalue weighted by atomic mass is 10.3. The van der Waals surface area contributed by atoms with E-state index in [1.807, 2.05) is 13.2 Å². The van der Waals surface area contributed by atoms with Crippen LogP contribution in [-0.4, -0.2) is 38.5 Å². The zero-order chi connectivity index (χ0) is 14.5. The molecule has 6 nitrogen and oxygen atoms in total. The number of nitrogens with zero attached hydrogens (tertiary/aromatic N) is 4. The summed E-state index contributed by atoms with van der Waals surface area (Å²) in [7, 11) is 0. The average molecular weight is 312 g/mol. The average Bonchev–Trinajstić information content (AvgIpc) is 2.83. The number of thioether (sulfide) groups is 1. The van der Waals surface area contributed by atoms with Crippen LogP contribution in [0.5, 0.6) is 0 Å².